The van der Waals surface area contributed by atoms with Crippen molar-refractivity contribution < 1.29 is 4.74 Å². The number of para-hydroxylation sites is 1. The van der Waals surface area contributed by atoms with Crippen LogP contribution in [0.25, 0.3) is 10.9 Å². The first kappa shape index (κ1) is 13.7. The predicted molar refractivity (Wildman–Crippen MR) is 83.5 cm³/mol. The Morgan fingerprint density at radius 1 is 1.40 bits per heavy atom. The second-order valence-corrected chi connectivity index (χ2v) is 5.54. The summed E-state index contributed by atoms with van der Waals surface area (Å²) >= 11 is 6.11. The van der Waals surface area contributed by atoms with Gasteiger partial charge in [0, 0.05) is 31.0 Å². The summed E-state index contributed by atoms with van der Waals surface area (Å²) in [6.45, 7) is 4.81. The Balaban J connectivity index is 2.02. The lowest BCUT2D eigenvalue weighted by Gasteiger charge is -2.24. The highest BCUT2D eigenvalue weighted by Gasteiger charge is 2.17. The van der Waals surface area contributed by atoms with Crippen molar-refractivity contribution in [2.45, 2.75) is 25.3 Å². The molecule has 1 aromatic carbocycles. The summed E-state index contributed by atoms with van der Waals surface area (Å²) in [5.74, 6) is 1.52. The minimum atomic E-state index is 0.241. The first-order valence-electron chi connectivity index (χ1n) is 7.09. The monoisotopic (exact) mass is 290 g/mol. The Morgan fingerprint density at radius 3 is 3.10 bits per heavy atom. The zero-order valence-corrected chi connectivity index (χ0v) is 12.4. The van der Waals surface area contributed by atoms with E-state index in [-0.39, 0.29) is 6.10 Å². The summed E-state index contributed by atoms with van der Waals surface area (Å²) in [5, 5.41) is 1.14. The van der Waals surface area contributed by atoms with Gasteiger partial charge in [-0.25, -0.2) is 4.98 Å². The molecule has 0 amide bonds. The van der Waals surface area contributed by atoms with Crippen LogP contribution in [0.15, 0.2) is 30.3 Å². The lowest BCUT2D eigenvalue weighted by molar-refractivity contribution is 0.0820. The fourth-order valence-corrected chi connectivity index (χ4v) is 2.93. The van der Waals surface area contributed by atoms with E-state index in [1.807, 2.05) is 18.2 Å². The zero-order chi connectivity index (χ0) is 13.9. The number of hydrogen-bond acceptors (Lipinski definition) is 3. The number of nitrogens with zero attached hydrogens (tertiary/aromatic N) is 2. The van der Waals surface area contributed by atoms with Crippen LogP contribution >= 0.6 is 11.6 Å². The maximum absolute atomic E-state index is 6.11. The van der Waals surface area contributed by atoms with Crippen molar-refractivity contribution in [3.8, 4) is 0 Å². The number of alkyl halides is 1. The second kappa shape index (κ2) is 5.98. The molecule has 1 aliphatic rings. The summed E-state index contributed by atoms with van der Waals surface area (Å²) in [5.41, 5.74) is 2.16. The molecular weight excluding hydrogens is 272 g/mol. The highest BCUT2D eigenvalue weighted by molar-refractivity contribution is 6.18. The molecule has 1 saturated heterocycles. The van der Waals surface area contributed by atoms with E-state index < -0.39 is 0 Å². The number of aromatic nitrogens is 1. The first-order valence-corrected chi connectivity index (χ1v) is 7.62. The van der Waals surface area contributed by atoms with Crippen molar-refractivity contribution in [1.82, 2.24) is 4.98 Å². The summed E-state index contributed by atoms with van der Waals surface area (Å²) in [7, 11) is 0. The number of anilines is 1. The van der Waals surface area contributed by atoms with Crippen molar-refractivity contribution in [1.29, 1.82) is 0 Å². The Bertz CT molecular complexity index is 602. The molecule has 4 heteroatoms. The summed E-state index contributed by atoms with van der Waals surface area (Å²) in [6.07, 6.45) is 1.28. The molecule has 0 bridgehead atoms. The van der Waals surface area contributed by atoms with Crippen molar-refractivity contribution in [2.75, 3.05) is 24.6 Å². The van der Waals surface area contributed by atoms with E-state index in [9.17, 15) is 0 Å². The molecule has 0 spiro atoms. The Morgan fingerprint density at radius 2 is 2.25 bits per heavy atom. The maximum Gasteiger partial charge on any atom is 0.129 e. The predicted octanol–water partition coefficient (Wildman–Crippen LogP) is 3.59. The molecule has 2 aromatic rings. The molecule has 3 nitrogen and oxygen atoms in total. The van der Waals surface area contributed by atoms with Gasteiger partial charge in [-0.1, -0.05) is 18.2 Å². The fourth-order valence-electron chi connectivity index (χ4n) is 2.71. The maximum atomic E-state index is 6.11. The number of halogens is 1. The Labute approximate surface area is 124 Å². The van der Waals surface area contributed by atoms with Gasteiger partial charge in [-0.3, -0.25) is 0 Å². The number of hydrogen-bond donors (Lipinski definition) is 0. The van der Waals surface area contributed by atoms with Crippen LogP contribution in [-0.4, -0.2) is 30.8 Å². The van der Waals surface area contributed by atoms with Gasteiger partial charge in [-0.2, -0.15) is 0 Å². The van der Waals surface area contributed by atoms with Gasteiger partial charge in [0.25, 0.3) is 0 Å². The van der Waals surface area contributed by atoms with Crippen molar-refractivity contribution in [3.63, 3.8) is 0 Å². The molecule has 3 rings (SSSR count). The van der Waals surface area contributed by atoms with Crippen LogP contribution in [0.1, 0.15) is 18.9 Å². The molecule has 1 atom stereocenters. The van der Waals surface area contributed by atoms with Gasteiger partial charge >= 0.3 is 0 Å². The number of fused-ring (bicyclic) bond motifs is 1. The molecule has 2 heterocycles. The molecule has 1 aliphatic heterocycles. The number of rotatable bonds is 2. The number of benzene rings is 1. The quantitative estimate of drug-likeness (QED) is 0.791. The molecule has 106 valence electrons. The van der Waals surface area contributed by atoms with Crippen molar-refractivity contribution >= 4 is 28.3 Å². The Hall–Kier alpha value is -1.32. The van der Waals surface area contributed by atoms with Crippen LogP contribution in [0.5, 0.6) is 0 Å². The third-order valence-corrected chi connectivity index (χ3v) is 4.00. The van der Waals surface area contributed by atoms with E-state index in [2.05, 4.69) is 24.0 Å². The molecule has 0 N–H and O–H groups in total. The average molecular weight is 291 g/mol. The Kier molecular flexibility index (Phi) is 4.08. The van der Waals surface area contributed by atoms with E-state index in [0.29, 0.717) is 5.88 Å². The van der Waals surface area contributed by atoms with Crippen LogP contribution in [-0.2, 0) is 10.6 Å². The zero-order valence-electron chi connectivity index (χ0n) is 11.7. The minimum absolute atomic E-state index is 0.241. The van der Waals surface area contributed by atoms with Crippen molar-refractivity contribution in [2.24, 2.45) is 0 Å². The van der Waals surface area contributed by atoms with Gasteiger partial charge in [0.1, 0.15) is 5.82 Å². The molecule has 0 radical (unpaired) electrons. The van der Waals surface area contributed by atoms with Gasteiger partial charge in [0.15, 0.2) is 0 Å². The van der Waals surface area contributed by atoms with E-state index >= 15 is 0 Å². The largest absolute Gasteiger partial charge is 0.377 e. The van der Waals surface area contributed by atoms with E-state index in [0.717, 1.165) is 48.4 Å². The third kappa shape index (κ3) is 2.74. The van der Waals surface area contributed by atoms with Gasteiger partial charge < -0.3 is 9.64 Å². The van der Waals surface area contributed by atoms with Crippen LogP contribution in [0.3, 0.4) is 0 Å². The fraction of sp³-hybridized carbons (Fsp3) is 0.438. The molecule has 1 unspecified atom stereocenters. The van der Waals surface area contributed by atoms with E-state index in [1.165, 1.54) is 0 Å². The van der Waals surface area contributed by atoms with E-state index in [1.54, 1.807) is 0 Å². The molecule has 20 heavy (non-hydrogen) atoms. The lowest BCUT2D eigenvalue weighted by Crippen LogP contribution is -2.30. The first-order chi connectivity index (χ1) is 9.78. The summed E-state index contributed by atoms with van der Waals surface area (Å²) in [6, 6.07) is 10.3. The third-order valence-electron chi connectivity index (χ3n) is 3.71. The molecule has 0 saturated carbocycles. The standard InChI is InChI=1S/C16H19ClN2O/c1-12-11-19(7-4-8-20-12)16-9-13(10-17)14-5-2-3-6-15(14)18-16/h2-3,5-6,9,12H,4,7-8,10-11H2,1H3. The van der Waals surface area contributed by atoms with Crippen molar-refractivity contribution in [3.05, 3.63) is 35.9 Å². The summed E-state index contributed by atoms with van der Waals surface area (Å²) < 4.78 is 5.70. The smallest absolute Gasteiger partial charge is 0.129 e. The van der Waals surface area contributed by atoms with Gasteiger partial charge in [-0.15, -0.1) is 11.6 Å². The van der Waals surface area contributed by atoms with Crippen LogP contribution in [0.2, 0.25) is 0 Å². The topological polar surface area (TPSA) is 25.4 Å². The highest BCUT2D eigenvalue weighted by atomic mass is 35.5. The summed E-state index contributed by atoms with van der Waals surface area (Å²) in [4.78, 5) is 7.10. The van der Waals surface area contributed by atoms with Crippen LogP contribution < -0.4 is 4.90 Å². The number of ether oxygens (including phenoxy) is 1. The van der Waals surface area contributed by atoms with Gasteiger partial charge in [0.2, 0.25) is 0 Å². The number of pyridine rings is 1. The molecule has 1 aromatic heterocycles. The molecule has 1 fully saturated rings. The van der Waals surface area contributed by atoms with Crippen LogP contribution in [0, 0.1) is 0 Å². The van der Waals surface area contributed by atoms with Gasteiger partial charge in [-0.05, 0) is 31.0 Å². The van der Waals surface area contributed by atoms with Crippen LogP contribution in [0.4, 0.5) is 5.82 Å². The SMILES string of the molecule is CC1CN(c2cc(CCl)c3ccccc3n2)CCCO1. The lowest BCUT2D eigenvalue weighted by atomic mass is 10.1. The molecule has 0 aliphatic carbocycles. The van der Waals surface area contributed by atoms with E-state index in [4.69, 9.17) is 21.3 Å². The van der Waals surface area contributed by atoms with Gasteiger partial charge in [0.05, 0.1) is 11.6 Å². The average Bonchev–Trinajstić information content (AvgIpc) is 2.70. The minimum Gasteiger partial charge on any atom is -0.377 e. The second-order valence-electron chi connectivity index (χ2n) is 5.27. The highest BCUT2D eigenvalue weighted by Crippen LogP contribution is 2.25. The normalized spacial score (nSPS) is 20.1. The molecular formula is C16H19ClN2O.